The number of hydrogen-bond donors (Lipinski definition) is 1. The highest BCUT2D eigenvalue weighted by Gasteiger charge is 2.33. The number of nitrogens with one attached hydrogen (secondary N) is 1. The molecule has 0 heterocycles. The lowest BCUT2D eigenvalue weighted by Gasteiger charge is -2.37. The maximum absolute atomic E-state index is 11.6. The predicted molar refractivity (Wildman–Crippen MR) is 71.7 cm³/mol. The van der Waals surface area contributed by atoms with E-state index in [0.717, 1.165) is 19.3 Å². The molecular formula is C14H25NO4. The zero-order valence-electron chi connectivity index (χ0n) is 12.3. The lowest BCUT2D eigenvalue weighted by atomic mass is 9.77. The highest BCUT2D eigenvalue weighted by molar-refractivity contribution is 5.69. The van der Waals surface area contributed by atoms with Gasteiger partial charge in [-0.15, -0.1) is 0 Å². The van der Waals surface area contributed by atoms with Crippen molar-refractivity contribution < 1.29 is 19.1 Å². The van der Waals surface area contributed by atoms with Gasteiger partial charge in [0.15, 0.2) is 0 Å². The van der Waals surface area contributed by atoms with Crippen LogP contribution < -0.4 is 5.32 Å². The molecule has 110 valence electrons. The van der Waals surface area contributed by atoms with Crippen LogP contribution >= 0.6 is 0 Å². The van der Waals surface area contributed by atoms with Crippen LogP contribution in [0.25, 0.3) is 0 Å². The molecular weight excluding hydrogens is 246 g/mol. The quantitative estimate of drug-likeness (QED) is 0.781. The molecule has 19 heavy (non-hydrogen) atoms. The first-order valence-electron chi connectivity index (χ1n) is 6.97. The van der Waals surface area contributed by atoms with Gasteiger partial charge in [0.05, 0.1) is 6.61 Å². The highest BCUT2D eigenvalue weighted by Crippen LogP contribution is 2.31. The van der Waals surface area contributed by atoms with E-state index in [4.69, 9.17) is 9.47 Å². The van der Waals surface area contributed by atoms with Gasteiger partial charge in [0.25, 0.3) is 0 Å². The number of esters is 1. The van der Waals surface area contributed by atoms with Crippen LogP contribution in [0.5, 0.6) is 0 Å². The topological polar surface area (TPSA) is 64.6 Å². The van der Waals surface area contributed by atoms with Crippen LogP contribution in [0.2, 0.25) is 0 Å². The Hall–Kier alpha value is -1.26. The van der Waals surface area contributed by atoms with Crippen molar-refractivity contribution in [3.8, 4) is 0 Å². The molecule has 0 bridgehead atoms. The van der Waals surface area contributed by atoms with Crippen molar-refractivity contribution in [3.63, 3.8) is 0 Å². The van der Waals surface area contributed by atoms with Gasteiger partial charge in [-0.1, -0.05) is 0 Å². The smallest absolute Gasteiger partial charge is 0.407 e. The molecule has 0 spiro atoms. The van der Waals surface area contributed by atoms with Gasteiger partial charge in [-0.25, -0.2) is 4.79 Å². The zero-order valence-corrected chi connectivity index (χ0v) is 12.3. The summed E-state index contributed by atoms with van der Waals surface area (Å²) in [6.07, 6.45) is 2.80. The molecule has 5 nitrogen and oxygen atoms in total. The summed E-state index contributed by atoms with van der Waals surface area (Å²) in [6.45, 7) is 7.74. The summed E-state index contributed by atoms with van der Waals surface area (Å²) < 4.78 is 10.1. The minimum Gasteiger partial charge on any atom is -0.466 e. The molecule has 5 heteroatoms. The van der Waals surface area contributed by atoms with E-state index >= 15 is 0 Å². The fourth-order valence-corrected chi connectivity index (χ4v) is 2.10. The molecule has 0 saturated heterocycles. The predicted octanol–water partition coefficient (Wildman–Crippen LogP) is 2.63. The van der Waals surface area contributed by atoms with Crippen LogP contribution in [0.4, 0.5) is 4.79 Å². The van der Waals surface area contributed by atoms with E-state index in [-0.39, 0.29) is 18.1 Å². The van der Waals surface area contributed by atoms with Gasteiger partial charge in [0, 0.05) is 12.5 Å². The van der Waals surface area contributed by atoms with Gasteiger partial charge < -0.3 is 14.8 Å². The minimum absolute atomic E-state index is 0.129. The fraction of sp³-hybridized carbons (Fsp3) is 0.857. The maximum atomic E-state index is 11.6. The molecule has 0 radical (unpaired) electrons. The molecule has 1 fully saturated rings. The molecule has 0 aliphatic heterocycles. The Labute approximate surface area is 115 Å². The third-order valence-corrected chi connectivity index (χ3v) is 3.14. The molecule has 1 N–H and O–H groups in total. The summed E-state index contributed by atoms with van der Waals surface area (Å²) in [5.74, 6) is 0.197. The first kappa shape index (κ1) is 15.8. The van der Waals surface area contributed by atoms with Crippen molar-refractivity contribution in [1.29, 1.82) is 0 Å². The Bertz CT molecular complexity index is 322. The van der Waals surface area contributed by atoms with Crippen LogP contribution in [0, 0.1) is 5.92 Å². The van der Waals surface area contributed by atoms with E-state index in [2.05, 4.69) is 5.32 Å². The van der Waals surface area contributed by atoms with Crippen molar-refractivity contribution >= 4 is 12.1 Å². The number of rotatable bonds is 5. The van der Waals surface area contributed by atoms with Gasteiger partial charge in [-0.2, -0.15) is 0 Å². The summed E-state index contributed by atoms with van der Waals surface area (Å²) in [6, 6.07) is 0.129. The van der Waals surface area contributed by atoms with Gasteiger partial charge >= 0.3 is 12.1 Å². The zero-order chi connectivity index (χ0) is 14.5. The van der Waals surface area contributed by atoms with Crippen molar-refractivity contribution in [1.82, 2.24) is 5.32 Å². The van der Waals surface area contributed by atoms with Crippen molar-refractivity contribution in [2.24, 2.45) is 5.92 Å². The van der Waals surface area contributed by atoms with E-state index < -0.39 is 5.60 Å². The third kappa shape index (κ3) is 5.94. The number of hydrogen-bond acceptors (Lipinski definition) is 4. The average molecular weight is 271 g/mol. The van der Waals surface area contributed by atoms with Gasteiger partial charge in [-0.3, -0.25) is 4.79 Å². The van der Waals surface area contributed by atoms with E-state index in [1.807, 2.05) is 20.8 Å². The van der Waals surface area contributed by atoms with E-state index in [0.29, 0.717) is 18.9 Å². The normalized spacial score (nSPS) is 22.3. The first-order chi connectivity index (χ1) is 8.81. The van der Waals surface area contributed by atoms with Crippen molar-refractivity contribution in [2.75, 3.05) is 6.61 Å². The van der Waals surface area contributed by atoms with Crippen LogP contribution in [-0.4, -0.2) is 30.3 Å². The van der Waals surface area contributed by atoms with Crippen LogP contribution in [0.15, 0.2) is 0 Å². The largest absolute Gasteiger partial charge is 0.466 e. The molecule has 2 atom stereocenters. The molecule has 1 aliphatic carbocycles. The Morgan fingerprint density at radius 1 is 1.26 bits per heavy atom. The molecule has 0 aromatic carbocycles. The molecule has 0 aromatic heterocycles. The van der Waals surface area contributed by atoms with Crippen LogP contribution in [0.1, 0.15) is 53.4 Å². The van der Waals surface area contributed by atoms with Gasteiger partial charge in [0.1, 0.15) is 5.60 Å². The second-order valence-corrected chi connectivity index (χ2v) is 5.93. The summed E-state index contributed by atoms with van der Waals surface area (Å²) in [4.78, 5) is 22.9. The Balaban J connectivity index is 2.25. The Morgan fingerprint density at radius 3 is 2.42 bits per heavy atom. The second-order valence-electron chi connectivity index (χ2n) is 5.93. The Kier molecular flexibility index (Phi) is 5.63. The lowest BCUT2D eigenvalue weighted by molar-refractivity contribution is -0.143. The molecule has 2 unspecified atom stereocenters. The van der Waals surface area contributed by atoms with Gasteiger partial charge in [-0.05, 0) is 52.9 Å². The Morgan fingerprint density at radius 2 is 1.95 bits per heavy atom. The molecule has 0 aromatic rings. The maximum Gasteiger partial charge on any atom is 0.407 e. The fourth-order valence-electron chi connectivity index (χ4n) is 2.10. The molecule has 1 amide bonds. The van der Waals surface area contributed by atoms with E-state index in [9.17, 15) is 9.59 Å². The van der Waals surface area contributed by atoms with Crippen LogP contribution in [0.3, 0.4) is 0 Å². The van der Waals surface area contributed by atoms with E-state index in [1.165, 1.54) is 0 Å². The van der Waals surface area contributed by atoms with Crippen LogP contribution in [-0.2, 0) is 14.3 Å². The number of alkyl carbamates (subject to hydrolysis) is 1. The van der Waals surface area contributed by atoms with Gasteiger partial charge in [0.2, 0.25) is 0 Å². The summed E-state index contributed by atoms with van der Waals surface area (Å²) in [5.41, 5.74) is -0.478. The van der Waals surface area contributed by atoms with Crippen molar-refractivity contribution in [3.05, 3.63) is 0 Å². The summed E-state index contributed by atoms with van der Waals surface area (Å²) in [7, 11) is 0. The number of amides is 1. The minimum atomic E-state index is -0.478. The number of carbonyl (C=O) groups is 2. The number of ether oxygens (including phenoxy) is 2. The monoisotopic (exact) mass is 271 g/mol. The summed E-state index contributed by atoms with van der Waals surface area (Å²) in [5, 5.41) is 2.87. The first-order valence-corrected chi connectivity index (χ1v) is 6.97. The standard InChI is InChI=1S/C14H25NO4/c1-5-18-12(16)9-7-10-6-8-11(10)15-13(17)19-14(2,3)4/h10-11H,5-9H2,1-4H3,(H,15,17). The SMILES string of the molecule is CCOC(=O)CCC1CCC1NC(=O)OC(C)(C)C. The van der Waals surface area contributed by atoms with E-state index in [1.54, 1.807) is 6.92 Å². The molecule has 1 aliphatic rings. The third-order valence-electron chi connectivity index (χ3n) is 3.14. The average Bonchev–Trinajstić information content (AvgIpc) is 2.22. The highest BCUT2D eigenvalue weighted by atomic mass is 16.6. The second kappa shape index (κ2) is 6.78. The lowest BCUT2D eigenvalue weighted by Crippen LogP contribution is -2.48. The molecule has 1 saturated carbocycles. The molecule has 1 rings (SSSR count). The van der Waals surface area contributed by atoms with Crippen molar-refractivity contribution in [2.45, 2.75) is 65.0 Å². The number of carbonyl (C=O) groups excluding carboxylic acids is 2. The summed E-state index contributed by atoms with van der Waals surface area (Å²) >= 11 is 0.